The Labute approximate surface area is 162 Å². The lowest BCUT2D eigenvalue weighted by Gasteiger charge is -2.40. The van der Waals surface area contributed by atoms with E-state index in [1.54, 1.807) is 4.90 Å². The fourth-order valence-corrected chi connectivity index (χ4v) is 2.87. The van der Waals surface area contributed by atoms with Gasteiger partial charge in [0.05, 0.1) is 11.7 Å². The third-order valence-corrected chi connectivity index (χ3v) is 4.12. The molecule has 1 fully saturated rings. The van der Waals surface area contributed by atoms with Crippen molar-refractivity contribution in [3.63, 3.8) is 0 Å². The van der Waals surface area contributed by atoms with Crippen molar-refractivity contribution in [3.8, 4) is 0 Å². The minimum atomic E-state index is -0.461. The normalized spacial score (nSPS) is 15.5. The molecule has 0 atom stereocenters. The summed E-state index contributed by atoms with van der Waals surface area (Å²) in [5, 5.41) is 11.1. The van der Waals surface area contributed by atoms with E-state index in [1.165, 1.54) is 5.69 Å². The fourth-order valence-electron chi connectivity index (χ4n) is 2.87. The van der Waals surface area contributed by atoms with Crippen molar-refractivity contribution >= 4 is 12.1 Å². The molecule has 0 aromatic carbocycles. The molecule has 0 unspecified atom stereocenters. The highest BCUT2D eigenvalue weighted by atomic mass is 16.6. The van der Waals surface area contributed by atoms with Crippen LogP contribution >= 0.6 is 0 Å². The molecule has 0 bridgehead atoms. The van der Waals surface area contributed by atoms with Crippen LogP contribution in [0.25, 0.3) is 0 Å². The van der Waals surface area contributed by atoms with Gasteiger partial charge in [-0.15, -0.1) is 0 Å². The summed E-state index contributed by atoms with van der Waals surface area (Å²) >= 11 is 0. The first-order chi connectivity index (χ1) is 12.7. The van der Waals surface area contributed by atoms with Gasteiger partial charge in [0.15, 0.2) is 5.96 Å². The van der Waals surface area contributed by atoms with E-state index in [2.05, 4.69) is 33.7 Å². The van der Waals surface area contributed by atoms with E-state index in [0.29, 0.717) is 13.1 Å². The van der Waals surface area contributed by atoms with Crippen LogP contribution in [0.4, 0.5) is 4.79 Å². The highest BCUT2D eigenvalue weighted by Crippen LogP contribution is 2.15. The maximum absolute atomic E-state index is 12.0. The van der Waals surface area contributed by atoms with Crippen molar-refractivity contribution in [2.75, 3.05) is 26.2 Å². The van der Waals surface area contributed by atoms with Crippen LogP contribution in [0, 0.1) is 13.8 Å². The van der Waals surface area contributed by atoms with Crippen LogP contribution in [0.15, 0.2) is 11.1 Å². The molecule has 8 heteroatoms. The minimum Gasteiger partial charge on any atom is -0.444 e. The van der Waals surface area contributed by atoms with Crippen LogP contribution in [0.5, 0.6) is 0 Å². The van der Waals surface area contributed by atoms with Crippen LogP contribution in [0.1, 0.15) is 45.5 Å². The first-order valence-corrected chi connectivity index (χ1v) is 9.71. The van der Waals surface area contributed by atoms with E-state index in [1.807, 2.05) is 39.3 Å². The second kappa shape index (κ2) is 9.10. The number of hydrogen-bond donors (Lipinski definition) is 2. The number of nitrogens with zero attached hydrogens (tertiary/aromatic N) is 4. The monoisotopic (exact) mass is 378 g/mol. The van der Waals surface area contributed by atoms with Gasteiger partial charge in [0.1, 0.15) is 5.60 Å². The Bertz CT molecular complexity index is 656. The summed E-state index contributed by atoms with van der Waals surface area (Å²) in [6, 6.07) is 2.29. The van der Waals surface area contributed by atoms with E-state index < -0.39 is 5.60 Å². The summed E-state index contributed by atoms with van der Waals surface area (Å²) in [6.07, 6.45) is 0.667. The molecule has 8 nitrogen and oxygen atoms in total. The van der Waals surface area contributed by atoms with Gasteiger partial charge in [0, 0.05) is 38.4 Å². The smallest absolute Gasteiger partial charge is 0.410 e. The fraction of sp³-hybridized carbons (Fsp3) is 0.737. The quantitative estimate of drug-likeness (QED) is 0.450. The molecule has 2 rings (SSSR count). The van der Waals surface area contributed by atoms with Crippen LogP contribution in [0.2, 0.25) is 0 Å². The Kier molecular flexibility index (Phi) is 7.10. The highest BCUT2D eigenvalue weighted by Gasteiger charge is 2.34. The third-order valence-electron chi connectivity index (χ3n) is 4.12. The van der Waals surface area contributed by atoms with Crippen molar-refractivity contribution in [1.29, 1.82) is 0 Å². The van der Waals surface area contributed by atoms with Gasteiger partial charge < -0.3 is 20.3 Å². The number of guanidine groups is 1. The van der Waals surface area contributed by atoms with Gasteiger partial charge in [-0.05, 0) is 54.0 Å². The summed E-state index contributed by atoms with van der Waals surface area (Å²) in [5.74, 6) is 0.791. The van der Waals surface area contributed by atoms with Gasteiger partial charge in [-0.2, -0.15) is 5.10 Å². The van der Waals surface area contributed by atoms with Crippen molar-refractivity contribution in [3.05, 3.63) is 17.5 Å². The Morgan fingerprint density at radius 3 is 2.63 bits per heavy atom. The van der Waals surface area contributed by atoms with Crippen molar-refractivity contribution < 1.29 is 9.53 Å². The average molecular weight is 379 g/mol. The highest BCUT2D eigenvalue weighted by molar-refractivity contribution is 5.80. The predicted molar refractivity (Wildman–Crippen MR) is 107 cm³/mol. The number of hydrogen-bond acceptors (Lipinski definition) is 4. The number of aryl methyl sites for hydroxylation is 3. The number of aromatic nitrogens is 2. The van der Waals surface area contributed by atoms with Crippen LogP contribution in [0.3, 0.4) is 0 Å². The Balaban J connectivity index is 1.74. The third kappa shape index (κ3) is 6.77. The zero-order valence-corrected chi connectivity index (χ0v) is 17.5. The minimum absolute atomic E-state index is 0.200. The number of carbonyl (C=O) groups is 1. The zero-order valence-electron chi connectivity index (χ0n) is 17.5. The SMILES string of the molecule is CCNC(=NCCCn1nc(C)cc1C)NC1CN(C(=O)OC(C)(C)C)C1. The maximum atomic E-state index is 12.0. The lowest BCUT2D eigenvalue weighted by atomic mass is 10.1. The van der Waals surface area contributed by atoms with E-state index in [-0.39, 0.29) is 12.1 Å². The lowest BCUT2D eigenvalue weighted by Crippen LogP contribution is -2.63. The molecule has 0 radical (unpaired) electrons. The molecule has 152 valence electrons. The first-order valence-electron chi connectivity index (χ1n) is 9.71. The number of amides is 1. The Morgan fingerprint density at radius 1 is 1.37 bits per heavy atom. The largest absolute Gasteiger partial charge is 0.444 e. The van der Waals surface area contributed by atoms with Crippen LogP contribution in [-0.2, 0) is 11.3 Å². The van der Waals surface area contributed by atoms with Crippen LogP contribution in [-0.4, -0.2) is 64.6 Å². The summed E-state index contributed by atoms with van der Waals surface area (Å²) in [4.78, 5) is 18.3. The molecule has 1 aromatic heterocycles. The Hall–Kier alpha value is -2.25. The molecule has 1 amide bonds. The molecule has 2 N–H and O–H groups in total. The molecule has 1 aromatic rings. The van der Waals surface area contributed by atoms with E-state index in [9.17, 15) is 4.79 Å². The van der Waals surface area contributed by atoms with E-state index >= 15 is 0 Å². The second-order valence-electron chi connectivity index (χ2n) is 7.99. The second-order valence-corrected chi connectivity index (χ2v) is 7.99. The first kappa shape index (κ1) is 21.1. The van der Waals surface area contributed by atoms with Gasteiger partial charge in [-0.1, -0.05) is 0 Å². The number of nitrogens with one attached hydrogen (secondary N) is 2. The van der Waals surface area contributed by atoms with E-state index in [0.717, 1.165) is 37.7 Å². The average Bonchev–Trinajstić information content (AvgIpc) is 2.82. The molecule has 0 saturated carbocycles. The summed E-state index contributed by atoms with van der Waals surface area (Å²) in [5.41, 5.74) is 1.76. The number of aliphatic imine (C=N–C) groups is 1. The molecule has 1 aliphatic rings. The number of likely N-dealkylation sites (tertiary alicyclic amines) is 1. The lowest BCUT2D eigenvalue weighted by molar-refractivity contribution is 0.00701. The summed E-state index contributed by atoms with van der Waals surface area (Å²) in [7, 11) is 0. The number of carbonyl (C=O) groups excluding carboxylic acids is 1. The van der Waals surface area contributed by atoms with Gasteiger partial charge in [-0.25, -0.2) is 4.79 Å². The molecule has 2 heterocycles. The zero-order chi connectivity index (χ0) is 20.0. The molecule has 0 aliphatic carbocycles. The van der Waals surface area contributed by atoms with Crippen LogP contribution < -0.4 is 10.6 Å². The number of ether oxygens (including phenoxy) is 1. The Morgan fingerprint density at radius 2 is 2.07 bits per heavy atom. The van der Waals surface area contributed by atoms with Gasteiger partial charge in [-0.3, -0.25) is 9.67 Å². The molecular weight excluding hydrogens is 344 g/mol. The molecular formula is C19H34N6O2. The van der Waals surface area contributed by atoms with Gasteiger partial charge in [0.25, 0.3) is 0 Å². The van der Waals surface area contributed by atoms with Crippen molar-refractivity contribution in [2.45, 2.75) is 66.2 Å². The predicted octanol–water partition coefficient (Wildman–Crippen LogP) is 2.06. The molecule has 0 spiro atoms. The topological polar surface area (TPSA) is 83.8 Å². The standard InChI is InChI=1S/C19H34N6O2/c1-7-20-17(21-9-8-10-25-15(3)11-14(2)23-25)22-16-12-24(13-16)18(26)27-19(4,5)6/h11,16H,7-10,12-13H2,1-6H3,(H2,20,21,22). The molecule has 27 heavy (non-hydrogen) atoms. The van der Waals surface area contributed by atoms with Gasteiger partial charge in [0.2, 0.25) is 0 Å². The van der Waals surface area contributed by atoms with Crippen molar-refractivity contribution in [1.82, 2.24) is 25.3 Å². The van der Waals surface area contributed by atoms with Crippen molar-refractivity contribution in [2.24, 2.45) is 4.99 Å². The summed E-state index contributed by atoms with van der Waals surface area (Å²) in [6.45, 7) is 15.4. The molecule has 1 aliphatic heterocycles. The molecule has 1 saturated heterocycles. The van der Waals surface area contributed by atoms with E-state index in [4.69, 9.17) is 4.74 Å². The number of rotatable bonds is 6. The van der Waals surface area contributed by atoms with Gasteiger partial charge >= 0.3 is 6.09 Å². The maximum Gasteiger partial charge on any atom is 0.410 e. The summed E-state index contributed by atoms with van der Waals surface area (Å²) < 4.78 is 7.40.